The van der Waals surface area contributed by atoms with Crippen LogP contribution in [0.3, 0.4) is 0 Å². The zero-order valence-electron chi connectivity index (χ0n) is 13.3. The zero-order chi connectivity index (χ0) is 16.9. The van der Waals surface area contributed by atoms with Gasteiger partial charge in [-0.25, -0.2) is 10.2 Å². The zero-order valence-corrected chi connectivity index (χ0v) is 14.1. The number of esters is 1. The highest BCUT2D eigenvalue weighted by Crippen LogP contribution is 2.32. The predicted molar refractivity (Wildman–Crippen MR) is 99.0 cm³/mol. The number of carbonyl (C=O) groups excluding carboxylic acids is 1. The molecule has 0 amide bonds. The second-order valence-corrected chi connectivity index (χ2v) is 5.71. The van der Waals surface area contributed by atoms with Crippen LogP contribution in [0.1, 0.15) is 18.1 Å². The smallest absolute Gasteiger partial charge is 0.329 e. The highest BCUT2D eigenvalue weighted by Gasteiger charge is 2.33. The molecule has 0 aliphatic carbocycles. The molecule has 0 saturated carbocycles. The first-order valence-corrected chi connectivity index (χ1v) is 8.20. The summed E-state index contributed by atoms with van der Waals surface area (Å²) in [5.41, 5.74) is 9.48. The highest BCUT2D eigenvalue weighted by atomic mass is 32.1. The van der Waals surface area contributed by atoms with Crippen molar-refractivity contribution in [2.45, 2.75) is 13.0 Å². The molecule has 1 aliphatic heterocycles. The van der Waals surface area contributed by atoms with Gasteiger partial charge in [0.2, 0.25) is 0 Å². The highest BCUT2D eigenvalue weighted by molar-refractivity contribution is 7.81. The van der Waals surface area contributed by atoms with Crippen molar-refractivity contribution in [1.29, 1.82) is 0 Å². The van der Waals surface area contributed by atoms with Gasteiger partial charge < -0.3 is 10.2 Å². The molecule has 122 valence electrons. The summed E-state index contributed by atoms with van der Waals surface area (Å²) in [5, 5.41) is 0. The van der Waals surface area contributed by atoms with E-state index in [1.807, 2.05) is 60.7 Å². The van der Waals surface area contributed by atoms with Crippen LogP contribution in [0.5, 0.6) is 0 Å². The second kappa shape index (κ2) is 7.38. The number of hydrogen-bond acceptors (Lipinski definition) is 4. The van der Waals surface area contributed by atoms with Crippen LogP contribution >= 0.6 is 12.2 Å². The number of hydrogen-bond donors (Lipinski definition) is 2. The van der Waals surface area contributed by atoms with E-state index < -0.39 is 6.04 Å². The van der Waals surface area contributed by atoms with Gasteiger partial charge >= 0.3 is 5.97 Å². The molecule has 24 heavy (non-hydrogen) atoms. The molecule has 5 heteroatoms. The Morgan fingerprint density at radius 2 is 1.62 bits per heavy atom. The molecular formula is C19H18N2O2S. The normalized spacial score (nSPS) is 17.4. The summed E-state index contributed by atoms with van der Waals surface area (Å²) in [4.78, 5) is 13.0. The quantitative estimate of drug-likeness (QED) is 0.663. The number of hydrazine groups is 1. The molecule has 0 fully saturated rings. The summed E-state index contributed by atoms with van der Waals surface area (Å²) >= 11 is 5.51. The van der Waals surface area contributed by atoms with E-state index >= 15 is 0 Å². The Bertz CT molecular complexity index is 772. The van der Waals surface area contributed by atoms with Crippen molar-refractivity contribution in [2.24, 2.45) is 0 Å². The Kier molecular flexibility index (Phi) is 5.03. The molecular weight excluding hydrogens is 320 g/mol. The number of nitrogens with one attached hydrogen (secondary N) is 2. The third-order valence-electron chi connectivity index (χ3n) is 3.78. The topological polar surface area (TPSA) is 50.4 Å². The molecule has 4 nitrogen and oxygen atoms in total. The fraction of sp³-hybridized carbons (Fsp3) is 0.158. The summed E-state index contributed by atoms with van der Waals surface area (Å²) in [5.74, 6) is -0.334. The molecule has 0 bridgehead atoms. The predicted octanol–water partition coefficient (Wildman–Crippen LogP) is 2.96. The fourth-order valence-corrected chi connectivity index (χ4v) is 3.05. The van der Waals surface area contributed by atoms with Crippen molar-refractivity contribution in [3.8, 4) is 0 Å². The number of ether oxygens (including phenoxy) is 1. The van der Waals surface area contributed by atoms with Gasteiger partial charge in [-0.3, -0.25) is 0 Å². The van der Waals surface area contributed by atoms with Crippen LogP contribution in [0, 0.1) is 0 Å². The molecule has 0 saturated heterocycles. The van der Waals surface area contributed by atoms with Gasteiger partial charge in [0.25, 0.3) is 0 Å². The first-order chi connectivity index (χ1) is 11.7. The minimum absolute atomic E-state index is 0.324. The summed E-state index contributed by atoms with van der Waals surface area (Å²) in [6, 6.07) is 19.0. The average Bonchev–Trinajstić information content (AvgIpc) is 2.63. The van der Waals surface area contributed by atoms with Gasteiger partial charge in [0.05, 0.1) is 6.61 Å². The third kappa shape index (κ3) is 3.22. The van der Waals surface area contributed by atoms with E-state index in [1.165, 1.54) is 0 Å². The van der Waals surface area contributed by atoms with E-state index in [0.717, 1.165) is 22.3 Å². The number of thiocarbonyl (C=S) groups is 1. The monoisotopic (exact) mass is 338 g/mol. The van der Waals surface area contributed by atoms with Gasteiger partial charge in [0, 0.05) is 11.1 Å². The van der Waals surface area contributed by atoms with E-state index in [2.05, 4.69) is 10.9 Å². The lowest BCUT2D eigenvalue weighted by Crippen LogP contribution is -2.53. The lowest BCUT2D eigenvalue weighted by molar-refractivity contribution is -0.144. The molecule has 3 rings (SSSR count). The van der Waals surface area contributed by atoms with Crippen molar-refractivity contribution in [1.82, 2.24) is 10.9 Å². The van der Waals surface area contributed by atoms with Crippen LogP contribution < -0.4 is 10.9 Å². The van der Waals surface area contributed by atoms with Crippen molar-refractivity contribution >= 4 is 34.3 Å². The lowest BCUT2D eigenvalue weighted by atomic mass is 9.88. The molecule has 2 N–H and O–H groups in total. The summed E-state index contributed by atoms with van der Waals surface area (Å²) in [7, 11) is 0. The Morgan fingerprint density at radius 3 is 2.21 bits per heavy atom. The first kappa shape index (κ1) is 16.4. The van der Waals surface area contributed by atoms with Gasteiger partial charge in [-0.05, 0) is 18.1 Å². The van der Waals surface area contributed by atoms with E-state index in [9.17, 15) is 4.79 Å². The van der Waals surface area contributed by atoms with Crippen LogP contribution in [0.15, 0.2) is 60.7 Å². The second-order valence-electron chi connectivity index (χ2n) is 5.30. The van der Waals surface area contributed by atoms with Crippen LogP contribution in [0.25, 0.3) is 11.1 Å². The van der Waals surface area contributed by atoms with Gasteiger partial charge in [-0.15, -0.1) is 0 Å². The number of benzene rings is 2. The molecule has 2 aromatic carbocycles. The Labute approximate surface area is 146 Å². The summed E-state index contributed by atoms with van der Waals surface area (Å²) in [6.07, 6.45) is 0. The van der Waals surface area contributed by atoms with E-state index in [-0.39, 0.29) is 5.97 Å². The molecule has 0 radical (unpaired) electrons. The van der Waals surface area contributed by atoms with Crippen LogP contribution in [-0.2, 0) is 9.53 Å². The van der Waals surface area contributed by atoms with E-state index in [4.69, 9.17) is 17.0 Å². The molecule has 1 heterocycles. The lowest BCUT2D eigenvalue weighted by Gasteiger charge is -2.30. The minimum Gasteiger partial charge on any atom is -0.465 e. The largest absolute Gasteiger partial charge is 0.465 e. The van der Waals surface area contributed by atoms with Gasteiger partial charge in [0.1, 0.15) is 11.0 Å². The first-order valence-electron chi connectivity index (χ1n) is 7.80. The number of carbonyl (C=O) groups is 1. The average molecular weight is 338 g/mol. The van der Waals surface area contributed by atoms with Crippen LogP contribution in [-0.4, -0.2) is 23.6 Å². The summed E-state index contributed by atoms with van der Waals surface area (Å²) < 4.78 is 5.23. The standard InChI is InChI=1S/C19H18N2O2S/c1-2-23-19(22)17-15(13-9-5-3-6-10-13)16(18(24)21-20-17)14-11-7-4-8-12-14/h3-12,17,20H,2H2,1H3,(H,21,24). The molecule has 1 atom stereocenters. The van der Waals surface area contributed by atoms with Crippen LogP contribution in [0.4, 0.5) is 0 Å². The number of rotatable bonds is 4. The van der Waals surface area contributed by atoms with Crippen molar-refractivity contribution in [3.05, 3.63) is 71.8 Å². The third-order valence-corrected chi connectivity index (χ3v) is 4.09. The maximum Gasteiger partial charge on any atom is 0.329 e. The van der Waals surface area contributed by atoms with Crippen molar-refractivity contribution in [3.63, 3.8) is 0 Å². The van der Waals surface area contributed by atoms with E-state index in [1.54, 1.807) is 6.92 Å². The van der Waals surface area contributed by atoms with Crippen molar-refractivity contribution in [2.75, 3.05) is 6.61 Å². The molecule has 1 unspecified atom stereocenters. The van der Waals surface area contributed by atoms with Crippen molar-refractivity contribution < 1.29 is 9.53 Å². The van der Waals surface area contributed by atoms with E-state index in [0.29, 0.717) is 11.6 Å². The molecule has 0 spiro atoms. The molecule has 0 aromatic heterocycles. The van der Waals surface area contributed by atoms with Crippen LogP contribution in [0.2, 0.25) is 0 Å². The Balaban J connectivity index is 2.21. The van der Waals surface area contributed by atoms with Gasteiger partial charge in [0.15, 0.2) is 0 Å². The maximum atomic E-state index is 12.5. The van der Waals surface area contributed by atoms with Gasteiger partial charge in [-0.1, -0.05) is 72.9 Å². The Hall–Kier alpha value is -2.50. The fourth-order valence-electron chi connectivity index (χ4n) is 2.76. The summed E-state index contributed by atoms with van der Waals surface area (Å²) in [6.45, 7) is 2.12. The molecule has 2 aromatic rings. The minimum atomic E-state index is -0.630. The SMILES string of the molecule is CCOC(=O)C1NNC(=S)C(c2ccccc2)=C1c1ccccc1. The maximum absolute atomic E-state index is 12.5. The van der Waals surface area contributed by atoms with Gasteiger partial charge in [-0.2, -0.15) is 0 Å². The Morgan fingerprint density at radius 1 is 1.04 bits per heavy atom. The molecule has 1 aliphatic rings.